The molecular formula is C10H7BrN4S. The van der Waals surface area contributed by atoms with E-state index in [4.69, 9.17) is 0 Å². The molecule has 2 aromatic heterocycles. The standard InChI is InChI=1S/C10H7BrN4S/c1-5-2-6(11)3-7-9(5)13-10(12-7)8-4-16-15-14-8/h2-4H,1H3,(H,12,13). The van der Waals surface area contributed by atoms with Crippen LogP contribution in [-0.4, -0.2) is 19.6 Å². The largest absolute Gasteiger partial charge is 0.337 e. The number of nitrogens with one attached hydrogen (secondary N) is 1. The van der Waals surface area contributed by atoms with E-state index in [1.165, 1.54) is 11.5 Å². The van der Waals surface area contributed by atoms with Crippen molar-refractivity contribution in [2.75, 3.05) is 0 Å². The van der Waals surface area contributed by atoms with Crippen LogP contribution in [0.5, 0.6) is 0 Å². The van der Waals surface area contributed by atoms with E-state index in [1.807, 2.05) is 24.4 Å². The van der Waals surface area contributed by atoms with E-state index >= 15 is 0 Å². The smallest absolute Gasteiger partial charge is 0.160 e. The van der Waals surface area contributed by atoms with Crippen LogP contribution in [0.3, 0.4) is 0 Å². The molecule has 0 fully saturated rings. The van der Waals surface area contributed by atoms with Gasteiger partial charge < -0.3 is 4.98 Å². The summed E-state index contributed by atoms with van der Waals surface area (Å²) in [5.41, 5.74) is 3.91. The molecule has 0 aliphatic rings. The van der Waals surface area contributed by atoms with Crippen molar-refractivity contribution < 1.29 is 0 Å². The zero-order valence-electron chi connectivity index (χ0n) is 8.36. The van der Waals surface area contributed by atoms with Crippen molar-refractivity contribution in [3.05, 3.63) is 27.5 Å². The first kappa shape index (κ1) is 9.92. The Balaban J connectivity index is 2.27. The number of aryl methyl sites for hydroxylation is 1. The van der Waals surface area contributed by atoms with Crippen molar-refractivity contribution in [3.63, 3.8) is 0 Å². The molecule has 0 aliphatic carbocycles. The SMILES string of the molecule is Cc1cc(Br)cc2[nH]c(-c3csnn3)nc12. The average molecular weight is 295 g/mol. The van der Waals surface area contributed by atoms with Crippen molar-refractivity contribution in [1.82, 2.24) is 19.6 Å². The maximum atomic E-state index is 4.52. The number of benzene rings is 1. The van der Waals surface area contributed by atoms with Crippen molar-refractivity contribution in [1.29, 1.82) is 0 Å². The van der Waals surface area contributed by atoms with Crippen LogP contribution in [0.25, 0.3) is 22.6 Å². The summed E-state index contributed by atoms with van der Waals surface area (Å²) in [6.45, 7) is 2.04. The number of imidazole rings is 1. The molecule has 0 bridgehead atoms. The van der Waals surface area contributed by atoms with Gasteiger partial charge in [-0.25, -0.2) is 4.98 Å². The van der Waals surface area contributed by atoms with Gasteiger partial charge in [-0.2, -0.15) is 0 Å². The van der Waals surface area contributed by atoms with E-state index < -0.39 is 0 Å². The molecule has 6 heteroatoms. The molecule has 0 saturated heterocycles. The number of fused-ring (bicyclic) bond motifs is 1. The van der Waals surface area contributed by atoms with Crippen LogP contribution in [0.15, 0.2) is 22.0 Å². The first-order valence-corrected chi connectivity index (χ1v) is 6.30. The Morgan fingerprint density at radius 3 is 3.00 bits per heavy atom. The fourth-order valence-corrected chi connectivity index (χ4v) is 2.65. The highest BCUT2D eigenvalue weighted by molar-refractivity contribution is 9.10. The highest BCUT2D eigenvalue weighted by atomic mass is 79.9. The molecule has 0 saturated carbocycles. The molecule has 3 aromatic rings. The third kappa shape index (κ3) is 1.54. The van der Waals surface area contributed by atoms with Crippen LogP contribution < -0.4 is 0 Å². The number of nitrogens with zero attached hydrogens (tertiary/aromatic N) is 3. The highest BCUT2D eigenvalue weighted by Crippen LogP contribution is 2.25. The second-order valence-corrected chi connectivity index (χ2v) is 5.02. The third-order valence-electron chi connectivity index (χ3n) is 2.34. The molecule has 0 spiro atoms. The summed E-state index contributed by atoms with van der Waals surface area (Å²) < 4.78 is 4.88. The summed E-state index contributed by atoms with van der Waals surface area (Å²) >= 11 is 4.79. The summed E-state index contributed by atoms with van der Waals surface area (Å²) in [7, 11) is 0. The van der Waals surface area contributed by atoms with Gasteiger partial charge in [0.2, 0.25) is 0 Å². The second-order valence-electron chi connectivity index (χ2n) is 3.49. The Labute approximate surface area is 104 Å². The van der Waals surface area contributed by atoms with Gasteiger partial charge in [-0.15, -0.1) is 5.10 Å². The van der Waals surface area contributed by atoms with E-state index in [0.29, 0.717) is 0 Å². The van der Waals surface area contributed by atoms with Crippen LogP contribution in [0.4, 0.5) is 0 Å². The minimum Gasteiger partial charge on any atom is -0.337 e. The molecule has 80 valence electrons. The molecule has 16 heavy (non-hydrogen) atoms. The van der Waals surface area contributed by atoms with Gasteiger partial charge in [-0.3, -0.25) is 0 Å². The summed E-state index contributed by atoms with van der Waals surface area (Å²) in [5.74, 6) is 0.768. The predicted molar refractivity (Wildman–Crippen MR) is 67.4 cm³/mol. The molecule has 0 aliphatic heterocycles. The van der Waals surface area contributed by atoms with Crippen LogP contribution in [-0.2, 0) is 0 Å². The number of H-pyrrole nitrogens is 1. The lowest BCUT2D eigenvalue weighted by Gasteiger charge is -1.94. The minimum atomic E-state index is 0.768. The number of hydrogen-bond acceptors (Lipinski definition) is 4. The molecule has 3 rings (SSSR count). The zero-order chi connectivity index (χ0) is 11.1. The van der Waals surface area contributed by atoms with Gasteiger partial charge in [0.15, 0.2) is 5.82 Å². The maximum absolute atomic E-state index is 4.52. The number of aromatic nitrogens is 4. The Morgan fingerprint density at radius 1 is 1.38 bits per heavy atom. The summed E-state index contributed by atoms with van der Waals surface area (Å²) in [4.78, 5) is 7.77. The molecule has 0 unspecified atom stereocenters. The zero-order valence-corrected chi connectivity index (χ0v) is 10.8. The fourth-order valence-electron chi connectivity index (χ4n) is 1.64. The summed E-state index contributed by atoms with van der Waals surface area (Å²) in [6.07, 6.45) is 0. The topological polar surface area (TPSA) is 54.5 Å². The Hall–Kier alpha value is -1.27. The average Bonchev–Trinajstić information content (AvgIpc) is 2.82. The van der Waals surface area contributed by atoms with Crippen LogP contribution in [0, 0.1) is 6.92 Å². The Bertz CT molecular complexity index is 644. The first-order valence-electron chi connectivity index (χ1n) is 4.67. The number of aromatic amines is 1. The molecule has 1 N–H and O–H groups in total. The lowest BCUT2D eigenvalue weighted by molar-refractivity contribution is 1.13. The summed E-state index contributed by atoms with van der Waals surface area (Å²) in [5, 5.41) is 5.87. The van der Waals surface area contributed by atoms with Gasteiger partial charge >= 0.3 is 0 Å². The van der Waals surface area contributed by atoms with E-state index in [0.717, 1.165) is 32.6 Å². The Morgan fingerprint density at radius 2 is 2.25 bits per heavy atom. The highest BCUT2D eigenvalue weighted by Gasteiger charge is 2.09. The van der Waals surface area contributed by atoms with Crippen LogP contribution in [0.1, 0.15) is 5.56 Å². The van der Waals surface area contributed by atoms with E-state index in [1.54, 1.807) is 0 Å². The molecule has 0 amide bonds. The van der Waals surface area contributed by atoms with E-state index in [-0.39, 0.29) is 0 Å². The predicted octanol–water partition coefficient (Wildman–Crippen LogP) is 3.15. The Kier molecular flexibility index (Phi) is 2.26. The van der Waals surface area contributed by atoms with Gasteiger partial charge in [-0.05, 0) is 36.2 Å². The number of halogens is 1. The van der Waals surface area contributed by atoms with Gasteiger partial charge in [0.25, 0.3) is 0 Å². The quantitative estimate of drug-likeness (QED) is 0.750. The molecule has 4 nitrogen and oxygen atoms in total. The maximum Gasteiger partial charge on any atom is 0.160 e. The first-order chi connectivity index (χ1) is 7.74. The van der Waals surface area contributed by atoms with Crippen molar-refractivity contribution in [3.8, 4) is 11.5 Å². The van der Waals surface area contributed by atoms with Crippen molar-refractivity contribution in [2.24, 2.45) is 0 Å². The molecule has 0 radical (unpaired) electrons. The van der Waals surface area contributed by atoms with E-state index in [2.05, 4.69) is 35.5 Å². The van der Waals surface area contributed by atoms with Gasteiger partial charge in [0.05, 0.1) is 11.0 Å². The molecule has 0 atom stereocenters. The lowest BCUT2D eigenvalue weighted by atomic mass is 10.2. The third-order valence-corrected chi connectivity index (χ3v) is 3.31. The molecule has 2 heterocycles. The van der Waals surface area contributed by atoms with Gasteiger partial charge in [-0.1, -0.05) is 20.4 Å². The fraction of sp³-hybridized carbons (Fsp3) is 0.100. The van der Waals surface area contributed by atoms with Gasteiger partial charge in [0, 0.05) is 9.85 Å². The normalized spacial score (nSPS) is 11.1. The van der Waals surface area contributed by atoms with Crippen molar-refractivity contribution >= 4 is 38.5 Å². The van der Waals surface area contributed by atoms with Crippen molar-refractivity contribution in [2.45, 2.75) is 6.92 Å². The summed E-state index contributed by atoms with van der Waals surface area (Å²) in [6, 6.07) is 4.06. The molecule has 1 aromatic carbocycles. The van der Waals surface area contributed by atoms with Crippen LogP contribution in [0.2, 0.25) is 0 Å². The minimum absolute atomic E-state index is 0.768. The van der Waals surface area contributed by atoms with Crippen LogP contribution >= 0.6 is 27.5 Å². The van der Waals surface area contributed by atoms with E-state index in [9.17, 15) is 0 Å². The van der Waals surface area contributed by atoms with Gasteiger partial charge in [0.1, 0.15) is 5.69 Å². The molecular weight excluding hydrogens is 288 g/mol. The second kappa shape index (κ2) is 3.64. The number of rotatable bonds is 1. The number of hydrogen-bond donors (Lipinski definition) is 1. The monoisotopic (exact) mass is 294 g/mol. The lowest BCUT2D eigenvalue weighted by Crippen LogP contribution is -1.79.